The van der Waals surface area contributed by atoms with Crippen molar-refractivity contribution in [1.29, 1.82) is 0 Å². The standard InChI is InChI=1S/C16H13NO2/c1-10-6-8-12(9-7-10)16-17-14-5-3-4-13(11(2)18)15(14)19-16/h3-9H,1-2H3. The Labute approximate surface area is 110 Å². The van der Waals surface area contributed by atoms with Gasteiger partial charge in [0.05, 0.1) is 5.56 Å². The fraction of sp³-hybridized carbons (Fsp3) is 0.125. The van der Waals surface area contributed by atoms with Crippen LogP contribution in [-0.4, -0.2) is 10.8 Å². The number of nitrogens with zero attached hydrogens (tertiary/aromatic N) is 1. The third-order valence-electron chi connectivity index (χ3n) is 3.09. The van der Waals surface area contributed by atoms with Gasteiger partial charge in [-0.25, -0.2) is 4.98 Å². The van der Waals surface area contributed by atoms with E-state index < -0.39 is 0 Å². The van der Waals surface area contributed by atoms with Crippen LogP contribution in [0.3, 0.4) is 0 Å². The van der Waals surface area contributed by atoms with Crippen molar-refractivity contribution in [2.75, 3.05) is 0 Å². The average Bonchev–Trinajstić information content (AvgIpc) is 2.82. The van der Waals surface area contributed by atoms with Crippen molar-refractivity contribution in [2.45, 2.75) is 13.8 Å². The van der Waals surface area contributed by atoms with Crippen molar-refractivity contribution in [2.24, 2.45) is 0 Å². The summed E-state index contributed by atoms with van der Waals surface area (Å²) in [7, 11) is 0. The number of carbonyl (C=O) groups is 1. The van der Waals surface area contributed by atoms with Crippen LogP contribution in [0.1, 0.15) is 22.8 Å². The predicted octanol–water partition coefficient (Wildman–Crippen LogP) is 4.01. The van der Waals surface area contributed by atoms with Gasteiger partial charge in [0.2, 0.25) is 5.89 Å². The molecule has 0 saturated carbocycles. The number of fused-ring (bicyclic) bond motifs is 1. The molecule has 0 spiro atoms. The molecular weight excluding hydrogens is 238 g/mol. The van der Waals surface area contributed by atoms with Gasteiger partial charge < -0.3 is 4.42 Å². The molecule has 0 amide bonds. The number of ketones is 1. The molecule has 0 aliphatic carbocycles. The number of rotatable bonds is 2. The molecule has 0 saturated heterocycles. The Morgan fingerprint density at radius 3 is 2.53 bits per heavy atom. The Kier molecular flexibility index (Phi) is 2.67. The van der Waals surface area contributed by atoms with E-state index in [4.69, 9.17) is 4.42 Å². The van der Waals surface area contributed by atoms with Crippen molar-refractivity contribution < 1.29 is 9.21 Å². The molecule has 1 heterocycles. The maximum Gasteiger partial charge on any atom is 0.227 e. The molecule has 0 bridgehead atoms. The van der Waals surface area contributed by atoms with Gasteiger partial charge in [0.25, 0.3) is 0 Å². The second kappa shape index (κ2) is 4.35. The monoisotopic (exact) mass is 251 g/mol. The molecule has 3 aromatic rings. The van der Waals surface area contributed by atoms with Crippen LogP contribution in [0.25, 0.3) is 22.6 Å². The number of hydrogen-bond acceptors (Lipinski definition) is 3. The van der Waals surface area contributed by atoms with Gasteiger partial charge in [0.1, 0.15) is 5.52 Å². The summed E-state index contributed by atoms with van der Waals surface area (Å²) in [6, 6.07) is 13.4. The first-order chi connectivity index (χ1) is 9.15. The van der Waals surface area contributed by atoms with E-state index in [1.54, 1.807) is 6.07 Å². The fourth-order valence-corrected chi connectivity index (χ4v) is 2.05. The summed E-state index contributed by atoms with van der Waals surface area (Å²) in [5.74, 6) is 0.529. The third-order valence-corrected chi connectivity index (χ3v) is 3.09. The minimum Gasteiger partial charge on any atom is -0.435 e. The fourth-order valence-electron chi connectivity index (χ4n) is 2.05. The number of aromatic nitrogens is 1. The van der Waals surface area contributed by atoms with Crippen LogP contribution in [0, 0.1) is 6.92 Å². The molecule has 19 heavy (non-hydrogen) atoms. The van der Waals surface area contributed by atoms with Crippen LogP contribution >= 0.6 is 0 Å². The summed E-state index contributed by atoms with van der Waals surface area (Å²) in [6.45, 7) is 3.56. The van der Waals surface area contributed by atoms with Gasteiger partial charge >= 0.3 is 0 Å². The zero-order valence-electron chi connectivity index (χ0n) is 10.8. The van der Waals surface area contributed by atoms with Crippen molar-refractivity contribution in [1.82, 2.24) is 4.98 Å². The lowest BCUT2D eigenvalue weighted by molar-refractivity contribution is 0.101. The lowest BCUT2D eigenvalue weighted by Crippen LogP contribution is -1.91. The van der Waals surface area contributed by atoms with Crippen molar-refractivity contribution >= 4 is 16.9 Å². The average molecular weight is 251 g/mol. The largest absolute Gasteiger partial charge is 0.435 e. The van der Waals surface area contributed by atoms with Crippen LogP contribution < -0.4 is 0 Å². The summed E-state index contributed by atoms with van der Waals surface area (Å²) >= 11 is 0. The van der Waals surface area contributed by atoms with Crippen LogP contribution in [0.5, 0.6) is 0 Å². The summed E-state index contributed by atoms with van der Waals surface area (Å²) in [6.07, 6.45) is 0. The molecule has 0 aliphatic rings. The van der Waals surface area contributed by atoms with Crippen molar-refractivity contribution in [3.63, 3.8) is 0 Å². The number of carbonyl (C=O) groups excluding carboxylic acids is 1. The number of hydrogen-bond donors (Lipinski definition) is 0. The molecule has 0 aliphatic heterocycles. The molecule has 2 aromatic carbocycles. The summed E-state index contributed by atoms with van der Waals surface area (Å²) in [5, 5.41) is 0. The highest BCUT2D eigenvalue weighted by Crippen LogP contribution is 2.26. The number of aryl methyl sites for hydroxylation is 1. The maximum atomic E-state index is 11.6. The molecule has 1 aromatic heterocycles. The molecular formula is C16H13NO2. The Bertz CT molecular complexity index is 754. The Morgan fingerprint density at radius 2 is 1.84 bits per heavy atom. The quantitative estimate of drug-likeness (QED) is 0.646. The van der Waals surface area contributed by atoms with Crippen LogP contribution in [0.4, 0.5) is 0 Å². The lowest BCUT2D eigenvalue weighted by atomic mass is 10.1. The lowest BCUT2D eigenvalue weighted by Gasteiger charge is -1.96. The number of benzene rings is 2. The van der Waals surface area contributed by atoms with Crippen LogP contribution in [0.15, 0.2) is 46.9 Å². The first kappa shape index (κ1) is 11.7. The van der Waals surface area contributed by atoms with Crippen LogP contribution in [-0.2, 0) is 0 Å². The summed E-state index contributed by atoms with van der Waals surface area (Å²) < 4.78 is 5.75. The van der Waals surface area contributed by atoms with E-state index in [1.165, 1.54) is 12.5 Å². The second-order valence-corrected chi connectivity index (χ2v) is 4.60. The van der Waals surface area contributed by atoms with E-state index in [9.17, 15) is 4.79 Å². The van der Waals surface area contributed by atoms with E-state index >= 15 is 0 Å². The summed E-state index contributed by atoms with van der Waals surface area (Å²) in [5.41, 5.74) is 3.94. The zero-order valence-corrected chi connectivity index (χ0v) is 10.8. The molecule has 0 N–H and O–H groups in total. The number of oxazole rings is 1. The van der Waals surface area contributed by atoms with Gasteiger partial charge in [0.15, 0.2) is 11.4 Å². The van der Waals surface area contributed by atoms with E-state index in [-0.39, 0.29) is 5.78 Å². The van der Waals surface area contributed by atoms with E-state index in [0.29, 0.717) is 22.6 Å². The normalized spacial score (nSPS) is 10.8. The molecule has 0 fully saturated rings. The van der Waals surface area contributed by atoms with Gasteiger partial charge in [-0.05, 0) is 38.1 Å². The topological polar surface area (TPSA) is 43.1 Å². The summed E-state index contributed by atoms with van der Waals surface area (Å²) in [4.78, 5) is 16.0. The highest BCUT2D eigenvalue weighted by Gasteiger charge is 2.13. The molecule has 0 atom stereocenters. The van der Waals surface area contributed by atoms with E-state index in [1.807, 2.05) is 43.3 Å². The molecule has 3 rings (SSSR count). The molecule has 3 nitrogen and oxygen atoms in total. The third kappa shape index (κ3) is 2.03. The highest BCUT2D eigenvalue weighted by molar-refractivity contribution is 6.04. The van der Waals surface area contributed by atoms with E-state index in [2.05, 4.69) is 4.98 Å². The Morgan fingerprint density at radius 1 is 1.11 bits per heavy atom. The van der Waals surface area contributed by atoms with Gasteiger partial charge in [-0.3, -0.25) is 4.79 Å². The molecule has 0 radical (unpaired) electrons. The predicted molar refractivity (Wildman–Crippen MR) is 74.2 cm³/mol. The maximum absolute atomic E-state index is 11.6. The van der Waals surface area contributed by atoms with Gasteiger partial charge in [-0.15, -0.1) is 0 Å². The number of Topliss-reactive ketones (excluding diaryl/α,β-unsaturated/α-hetero) is 1. The number of para-hydroxylation sites is 1. The minimum atomic E-state index is -0.0165. The minimum absolute atomic E-state index is 0.0165. The van der Waals surface area contributed by atoms with Crippen molar-refractivity contribution in [3.8, 4) is 11.5 Å². The van der Waals surface area contributed by atoms with Gasteiger partial charge in [0, 0.05) is 5.56 Å². The van der Waals surface area contributed by atoms with E-state index in [0.717, 1.165) is 5.56 Å². The van der Waals surface area contributed by atoms with Gasteiger partial charge in [-0.1, -0.05) is 23.8 Å². The first-order valence-electron chi connectivity index (χ1n) is 6.12. The Hall–Kier alpha value is -2.42. The second-order valence-electron chi connectivity index (χ2n) is 4.60. The first-order valence-corrected chi connectivity index (χ1v) is 6.12. The van der Waals surface area contributed by atoms with Gasteiger partial charge in [-0.2, -0.15) is 0 Å². The van der Waals surface area contributed by atoms with Crippen LogP contribution in [0.2, 0.25) is 0 Å². The molecule has 94 valence electrons. The van der Waals surface area contributed by atoms with Crippen molar-refractivity contribution in [3.05, 3.63) is 53.6 Å². The Balaban J connectivity index is 2.19. The molecule has 0 unspecified atom stereocenters. The smallest absolute Gasteiger partial charge is 0.227 e. The highest BCUT2D eigenvalue weighted by atomic mass is 16.3. The zero-order chi connectivity index (χ0) is 13.4. The SMILES string of the molecule is CC(=O)c1cccc2nc(-c3ccc(C)cc3)oc12. The molecule has 3 heteroatoms.